The fourth-order valence-electron chi connectivity index (χ4n) is 3.88. The van der Waals surface area contributed by atoms with E-state index in [0.717, 1.165) is 18.4 Å². The zero-order chi connectivity index (χ0) is 10.3. The molecule has 0 radical (unpaired) electrons. The lowest BCUT2D eigenvalue weighted by atomic mass is 9.93. The molecular formula is C13H21NO. The van der Waals surface area contributed by atoms with E-state index in [1.807, 2.05) is 0 Å². The average Bonchev–Trinajstić information content (AvgIpc) is 2.67. The molecule has 3 aliphatic rings. The number of likely N-dealkylation sites (tertiary alicyclic amines) is 1. The Kier molecular flexibility index (Phi) is 2.55. The number of nitrogens with zero attached hydrogens (tertiary/aromatic N) is 1. The van der Waals surface area contributed by atoms with Crippen molar-refractivity contribution >= 4 is 5.78 Å². The summed E-state index contributed by atoms with van der Waals surface area (Å²) in [6.07, 6.45) is 8.87. The van der Waals surface area contributed by atoms with E-state index in [0.29, 0.717) is 11.7 Å². The second-order valence-electron chi connectivity index (χ2n) is 5.62. The molecule has 0 amide bonds. The number of rotatable bonds is 1. The number of ketones is 1. The summed E-state index contributed by atoms with van der Waals surface area (Å²) in [5.74, 6) is 1.73. The van der Waals surface area contributed by atoms with Crippen LogP contribution in [0.4, 0.5) is 0 Å². The molecule has 1 aliphatic heterocycles. The SMILES string of the molecule is O=C1C[C@@H]2C[C@H]1C[C@H]2N1CCCCCC1. The summed E-state index contributed by atoms with van der Waals surface area (Å²) in [5.41, 5.74) is 0. The lowest BCUT2D eigenvalue weighted by molar-refractivity contribution is -0.122. The molecule has 2 heteroatoms. The van der Waals surface area contributed by atoms with E-state index in [-0.39, 0.29) is 0 Å². The zero-order valence-corrected chi connectivity index (χ0v) is 9.45. The normalized spacial score (nSPS) is 42.1. The first-order valence-electron chi connectivity index (χ1n) is 6.61. The van der Waals surface area contributed by atoms with Crippen molar-refractivity contribution in [2.75, 3.05) is 13.1 Å². The van der Waals surface area contributed by atoms with Crippen LogP contribution in [0.25, 0.3) is 0 Å². The number of hydrogen-bond acceptors (Lipinski definition) is 2. The molecule has 3 rings (SSSR count). The fourth-order valence-corrected chi connectivity index (χ4v) is 3.88. The predicted octanol–water partition coefficient (Wildman–Crippen LogP) is 2.23. The second kappa shape index (κ2) is 3.89. The topological polar surface area (TPSA) is 20.3 Å². The average molecular weight is 207 g/mol. The van der Waals surface area contributed by atoms with E-state index in [4.69, 9.17) is 0 Å². The van der Waals surface area contributed by atoms with Crippen molar-refractivity contribution in [1.29, 1.82) is 0 Å². The first kappa shape index (κ1) is 9.83. The van der Waals surface area contributed by atoms with Crippen molar-refractivity contribution in [2.45, 2.75) is 51.0 Å². The summed E-state index contributed by atoms with van der Waals surface area (Å²) in [6, 6.07) is 0.769. The van der Waals surface area contributed by atoms with Crippen LogP contribution < -0.4 is 0 Å². The van der Waals surface area contributed by atoms with Gasteiger partial charge in [0.05, 0.1) is 0 Å². The Bertz CT molecular complexity index is 255. The molecule has 2 saturated carbocycles. The van der Waals surface area contributed by atoms with E-state index in [1.165, 1.54) is 51.6 Å². The second-order valence-corrected chi connectivity index (χ2v) is 5.62. The molecule has 1 saturated heterocycles. The molecule has 0 N–H and O–H groups in total. The Hall–Kier alpha value is -0.370. The molecule has 2 bridgehead atoms. The molecule has 2 nitrogen and oxygen atoms in total. The van der Waals surface area contributed by atoms with Gasteiger partial charge in [0.1, 0.15) is 5.78 Å². The van der Waals surface area contributed by atoms with Crippen LogP contribution in [-0.2, 0) is 4.79 Å². The maximum Gasteiger partial charge on any atom is 0.136 e. The summed E-state index contributed by atoms with van der Waals surface area (Å²) in [7, 11) is 0. The quantitative estimate of drug-likeness (QED) is 0.657. The number of carbonyl (C=O) groups is 1. The van der Waals surface area contributed by atoms with Gasteiger partial charge in [-0.25, -0.2) is 0 Å². The lowest BCUT2D eigenvalue weighted by Gasteiger charge is -2.33. The van der Waals surface area contributed by atoms with E-state index in [1.54, 1.807) is 0 Å². The van der Waals surface area contributed by atoms with Gasteiger partial charge in [0.2, 0.25) is 0 Å². The van der Waals surface area contributed by atoms with E-state index in [2.05, 4.69) is 4.90 Å². The summed E-state index contributed by atoms with van der Waals surface area (Å²) < 4.78 is 0. The Labute approximate surface area is 92.0 Å². The van der Waals surface area contributed by atoms with E-state index >= 15 is 0 Å². The van der Waals surface area contributed by atoms with Crippen LogP contribution in [-0.4, -0.2) is 29.8 Å². The van der Waals surface area contributed by atoms with Crippen molar-refractivity contribution < 1.29 is 4.79 Å². The molecule has 2 aliphatic carbocycles. The molecule has 3 atom stereocenters. The van der Waals surface area contributed by atoms with Crippen molar-refractivity contribution in [2.24, 2.45) is 11.8 Å². The first-order chi connectivity index (χ1) is 7.34. The van der Waals surface area contributed by atoms with Crippen molar-refractivity contribution in [1.82, 2.24) is 4.90 Å². The van der Waals surface area contributed by atoms with Gasteiger partial charge < -0.3 is 4.90 Å². The summed E-state index contributed by atoms with van der Waals surface area (Å²) in [5, 5.41) is 0. The van der Waals surface area contributed by atoms with Crippen LogP contribution in [0.5, 0.6) is 0 Å². The molecule has 84 valence electrons. The number of hydrogen-bond donors (Lipinski definition) is 0. The molecular weight excluding hydrogens is 186 g/mol. The minimum atomic E-state index is 0.447. The predicted molar refractivity (Wildman–Crippen MR) is 59.7 cm³/mol. The van der Waals surface area contributed by atoms with Gasteiger partial charge in [-0.15, -0.1) is 0 Å². The Balaban J connectivity index is 1.66. The van der Waals surface area contributed by atoms with Gasteiger partial charge in [0.15, 0.2) is 0 Å². The minimum Gasteiger partial charge on any atom is -0.300 e. The monoisotopic (exact) mass is 207 g/mol. The van der Waals surface area contributed by atoms with Gasteiger partial charge in [-0.1, -0.05) is 12.8 Å². The fraction of sp³-hybridized carbons (Fsp3) is 0.923. The van der Waals surface area contributed by atoms with Crippen molar-refractivity contribution in [3.05, 3.63) is 0 Å². The highest BCUT2D eigenvalue weighted by molar-refractivity contribution is 5.84. The third kappa shape index (κ3) is 1.73. The smallest absolute Gasteiger partial charge is 0.136 e. The standard InChI is InChI=1S/C13H21NO/c15-13-9-10-7-11(13)8-12(10)14-5-3-1-2-4-6-14/h10-12H,1-9H2/t10-,11-,12+/m0/s1. The minimum absolute atomic E-state index is 0.447. The maximum atomic E-state index is 11.5. The van der Waals surface area contributed by atoms with Gasteiger partial charge in [-0.2, -0.15) is 0 Å². The van der Waals surface area contributed by atoms with Crippen molar-refractivity contribution in [3.8, 4) is 0 Å². The van der Waals surface area contributed by atoms with Crippen LogP contribution in [0.1, 0.15) is 44.9 Å². The molecule has 15 heavy (non-hydrogen) atoms. The van der Waals surface area contributed by atoms with E-state index < -0.39 is 0 Å². The Morgan fingerprint density at radius 1 is 1.00 bits per heavy atom. The lowest BCUT2D eigenvalue weighted by Crippen LogP contribution is -2.40. The largest absolute Gasteiger partial charge is 0.300 e. The highest BCUT2D eigenvalue weighted by Crippen LogP contribution is 2.44. The van der Waals surface area contributed by atoms with Crippen LogP contribution in [0.15, 0.2) is 0 Å². The number of Topliss-reactive ketones (excluding diaryl/α,β-unsaturated/α-hetero) is 1. The number of carbonyl (C=O) groups excluding carboxylic acids is 1. The van der Waals surface area contributed by atoms with Gasteiger partial charge in [0.25, 0.3) is 0 Å². The third-order valence-electron chi connectivity index (χ3n) is 4.69. The van der Waals surface area contributed by atoms with Crippen LogP contribution in [0.3, 0.4) is 0 Å². The highest BCUT2D eigenvalue weighted by atomic mass is 16.1. The van der Waals surface area contributed by atoms with Crippen LogP contribution in [0, 0.1) is 11.8 Å². The molecule has 1 heterocycles. The van der Waals surface area contributed by atoms with Crippen LogP contribution >= 0.6 is 0 Å². The molecule has 0 spiro atoms. The maximum absolute atomic E-state index is 11.5. The van der Waals surface area contributed by atoms with Crippen LogP contribution in [0.2, 0.25) is 0 Å². The number of fused-ring (bicyclic) bond motifs is 2. The van der Waals surface area contributed by atoms with Gasteiger partial charge in [-0.3, -0.25) is 4.79 Å². The summed E-state index contributed by atoms with van der Waals surface area (Å²) >= 11 is 0. The molecule has 3 fully saturated rings. The third-order valence-corrected chi connectivity index (χ3v) is 4.69. The first-order valence-corrected chi connectivity index (χ1v) is 6.61. The van der Waals surface area contributed by atoms with Gasteiger partial charge >= 0.3 is 0 Å². The van der Waals surface area contributed by atoms with Crippen molar-refractivity contribution in [3.63, 3.8) is 0 Å². The molecule has 0 unspecified atom stereocenters. The van der Waals surface area contributed by atoms with Gasteiger partial charge in [0, 0.05) is 18.4 Å². The molecule has 0 aromatic carbocycles. The Morgan fingerprint density at radius 3 is 2.27 bits per heavy atom. The summed E-state index contributed by atoms with van der Waals surface area (Å²) in [4.78, 5) is 14.2. The molecule has 0 aromatic heterocycles. The molecule has 0 aromatic rings. The van der Waals surface area contributed by atoms with Gasteiger partial charge in [-0.05, 0) is 44.7 Å². The van der Waals surface area contributed by atoms with E-state index in [9.17, 15) is 4.79 Å². The Morgan fingerprint density at radius 2 is 1.73 bits per heavy atom. The zero-order valence-electron chi connectivity index (χ0n) is 9.45. The summed E-state index contributed by atoms with van der Waals surface area (Å²) in [6.45, 7) is 2.59. The highest BCUT2D eigenvalue weighted by Gasteiger charge is 2.46.